The molecule has 1 heterocycles. The fourth-order valence-electron chi connectivity index (χ4n) is 2.17. The number of rotatable bonds is 3. The molecule has 0 saturated carbocycles. The van der Waals surface area contributed by atoms with Gasteiger partial charge in [0.05, 0.1) is 6.54 Å². The monoisotopic (exact) mass is 347 g/mol. The van der Waals surface area contributed by atoms with E-state index in [9.17, 15) is 4.79 Å². The highest BCUT2D eigenvalue weighted by atomic mass is 79.9. The van der Waals surface area contributed by atoms with Crippen molar-refractivity contribution in [1.29, 1.82) is 0 Å². The van der Waals surface area contributed by atoms with Crippen molar-refractivity contribution in [2.24, 2.45) is 5.73 Å². The lowest BCUT2D eigenvalue weighted by atomic mass is 10.2. The molecule has 0 aromatic heterocycles. The predicted octanol–water partition coefficient (Wildman–Crippen LogP) is 2.15. The molecule has 1 aromatic rings. The van der Waals surface area contributed by atoms with Gasteiger partial charge in [-0.2, -0.15) is 0 Å². The van der Waals surface area contributed by atoms with Gasteiger partial charge in [0.1, 0.15) is 0 Å². The zero-order chi connectivity index (χ0) is 13.1. The molecule has 1 aliphatic heterocycles. The zero-order valence-electron chi connectivity index (χ0n) is 10.9. The number of hydrogen-bond donors (Lipinski definition) is 2. The maximum absolute atomic E-state index is 11.9. The molecule has 1 aromatic carbocycles. The molecule has 4 nitrogen and oxygen atoms in total. The summed E-state index contributed by atoms with van der Waals surface area (Å²) in [7, 11) is 0. The minimum absolute atomic E-state index is 0. The van der Waals surface area contributed by atoms with Crippen LogP contribution in [0.3, 0.4) is 0 Å². The lowest BCUT2D eigenvalue weighted by Gasteiger charge is -2.15. The van der Waals surface area contributed by atoms with Gasteiger partial charge < -0.3 is 11.1 Å². The second-order valence-electron chi connectivity index (χ2n) is 4.79. The van der Waals surface area contributed by atoms with Gasteiger partial charge in [-0.25, -0.2) is 0 Å². The van der Waals surface area contributed by atoms with E-state index in [1.54, 1.807) is 0 Å². The molecule has 0 radical (unpaired) electrons. The number of carbonyl (C=O) groups is 1. The van der Waals surface area contributed by atoms with Crippen molar-refractivity contribution in [1.82, 2.24) is 4.90 Å². The van der Waals surface area contributed by atoms with E-state index in [1.165, 1.54) is 0 Å². The van der Waals surface area contributed by atoms with E-state index in [0.717, 1.165) is 35.2 Å². The molecule has 3 N–H and O–H groups in total. The Balaban J connectivity index is 0.00000180. The Morgan fingerprint density at radius 3 is 2.89 bits per heavy atom. The Morgan fingerprint density at radius 2 is 2.32 bits per heavy atom. The lowest BCUT2D eigenvalue weighted by molar-refractivity contribution is -0.117. The SMILES string of the molecule is Cc1cc(Br)ccc1NC(=O)CN1CCC(N)C1.Cl. The first kappa shape index (κ1) is 16.4. The fourth-order valence-corrected chi connectivity index (χ4v) is 2.64. The maximum atomic E-state index is 11.9. The smallest absolute Gasteiger partial charge is 0.238 e. The van der Waals surface area contributed by atoms with Crippen molar-refractivity contribution >= 4 is 39.9 Å². The van der Waals surface area contributed by atoms with E-state index >= 15 is 0 Å². The molecule has 0 aliphatic carbocycles. The number of likely N-dealkylation sites (tertiary alicyclic amines) is 1. The third kappa shape index (κ3) is 4.76. The summed E-state index contributed by atoms with van der Waals surface area (Å²) >= 11 is 3.41. The topological polar surface area (TPSA) is 58.4 Å². The minimum atomic E-state index is 0. The molecule has 1 atom stereocenters. The largest absolute Gasteiger partial charge is 0.326 e. The van der Waals surface area contributed by atoms with E-state index in [1.807, 2.05) is 25.1 Å². The van der Waals surface area contributed by atoms with Gasteiger partial charge in [0, 0.05) is 29.3 Å². The minimum Gasteiger partial charge on any atom is -0.326 e. The Bertz CT molecular complexity index is 456. The van der Waals surface area contributed by atoms with Gasteiger partial charge in [-0.15, -0.1) is 12.4 Å². The van der Waals surface area contributed by atoms with Crippen LogP contribution in [0.1, 0.15) is 12.0 Å². The van der Waals surface area contributed by atoms with Gasteiger partial charge >= 0.3 is 0 Å². The quantitative estimate of drug-likeness (QED) is 0.880. The molecule has 106 valence electrons. The van der Waals surface area contributed by atoms with E-state index in [4.69, 9.17) is 5.73 Å². The summed E-state index contributed by atoms with van der Waals surface area (Å²) in [6.07, 6.45) is 0.977. The number of halogens is 2. The van der Waals surface area contributed by atoms with Gasteiger partial charge in [-0.3, -0.25) is 9.69 Å². The van der Waals surface area contributed by atoms with Crippen LogP contribution in [0.15, 0.2) is 22.7 Å². The number of benzene rings is 1. The molecular weight excluding hydrogens is 330 g/mol. The van der Waals surface area contributed by atoms with E-state index in [-0.39, 0.29) is 24.4 Å². The summed E-state index contributed by atoms with van der Waals surface area (Å²) in [4.78, 5) is 14.0. The van der Waals surface area contributed by atoms with Crippen molar-refractivity contribution in [3.05, 3.63) is 28.2 Å². The molecule has 0 bridgehead atoms. The van der Waals surface area contributed by atoms with E-state index in [0.29, 0.717) is 6.54 Å². The predicted molar refractivity (Wildman–Crippen MR) is 83.8 cm³/mol. The molecule has 2 rings (SSSR count). The Kier molecular flexibility index (Phi) is 6.26. The second kappa shape index (κ2) is 7.24. The number of nitrogens with zero attached hydrogens (tertiary/aromatic N) is 1. The first-order chi connectivity index (χ1) is 8.54. The Morgan fingerprint density at radius 1 is 1.58 bits per heavy atom. The third-order valence-corrected chi connectivity index (χ3v) is 3.63. The molecular formula is C13H19BrClN3O. The standard InChI is InChI=1S/C13H18BrN3O.ClH/c1-9-6-10(14)2-3-12(9)16-13(18)8-17-5-4-11(15)7-17;/h2-3,6,11H,4-5,7-8,15H2,1H3,(H,16,18);1H. The van der Waals surface area contributed by atoms with E-state index in [2.05, 4.69) is 26.1 Å². The summed E-state index contributed by atoms with van der Waals surface area (Å²) in [5, 5.41) is 2.94. The number of nitrogens with one attached hydrogen (secondary N) is 1. The summed E-state index contributed by atoms with van der Waals surface area (Å²) in [5.74, 6) is 0.0227. The number of amides is 1. The van der Waals surface area contributed by atoms with Crippen LogP contribution in [-0.4, -0.2) is 36.5 Å². The zero-order valence-corrected chi connectivity index (χ0v) is 13.3. The normalized spacial score (nSPS) is 19.0. The number of aryl methyl sites for hydroxylation is 1. The third-order valence-electron chi connectivity index (χ3n) is 3.14. The van der Waals surface area contributed by atoms with Crippen LogP contribution in [0.5, 0.6) is 0 Å². The van der Waals surface area contributed by atoms with Gasteiger partial charge in [0.2, 0.25) is 5.91 Å². The number of anilines is 1. The molecule has 1 unspecified atom stereocenters. The molecule has 1 saturated heterocycles. The van der Waals surface area contributed by atoms with Crippen LogP contribution < -0.4 is 11.1 Å². The average Bonchev–Trinajstić information content (AvgIpc) is 2.68. The van der Waals surface area contributed by atoms with Crippen LogP contribution in [0, 0.1) is 6.92 Å². The van der Waals surface area contributed by atoms with Crippen LogP contribution in [0.2, 0.25) is 0 Å². The molecule has 1 amide bonds. The van der Waals surface area contributed by atoms with Crippen molar-refractivity contribution < 1.29 is 4.79 Å². The number of carbonyl (C=O) groups excluding carboxylic acids is 1. The van der Waals surface area contributed by atoms with Gasteiger partial charge in [0.25, 0.3) is 0 Å². The van der Waals surface area contributed by atoms with Crippen molar-refractivity contribution in [3.8, 4) is 0 Å². The first-order valence-electron chi connectivity index (χ1n) is 6.08. The Hall–Kier alpha value is -0.620. The van der Waals surface area contributed by atoms with Crippen molar-refractivity contribution in [2.75, 3.05) is 25.0 Å². The van der Waals surface area contributed by atoms with Crippen molar-refractivity contribution in [3.63, 3.8) is 0 Å². The van der Waals surface area contributed by atoms with Crippen LogP contribution in [-0.2, 0) is 4.79 Å². The molecule has 0 spiro atoms. The highest BCUT2D eigenvalue weighted by Gasteiger charge is 2.21. The summed E-state index contributed by atoms with van der Waals surface area (Å²) in [6, 6.07) is 6.04. The van der Waals surface area contributed by atoms with Gasteiger partial charge in [0.15, 0.2) is 0 Å². The van der Waals surface area contributed by atoms with Gasteiger partial charge in [-0.1, -0.05) is 15.9 Å². The lowest BCUT2D eigenvalue weighted by Crippen LogP contribution is -2.33. The summed E-state index contributed by atoms with van der Waals surface area (Å²) in [6.45, 7) is 4.12. The number of hydrogen-bond acceptors (Lipinski definition) is 3. The fraction of sp³-hybridized carbons (Fsp3) is 0.462. The molecule has 1 aliphatic rings. The summed E-state index contributed by atoms with van der Waals surface area (Å²) in [5.41, 5.74) is 7.73. The van der Waals surface area contributed by atoms with Crippen LogP contribution in [0.25, 0.3) is 0 Å². The second-order valence-corrected chi connectivity index (χ2v) is 5.71. The van der Waals surface area contributed by atoms with Crippen molar-refractivity contribution in [2.45, 2.75) is 19.4 Å². The molecule has 1 fully saturated rings. The molecule has 19 heavy (non-hydrogen) atoms. The summed E-state index contributed by atoms with van der Waals surface area (Å²) < 4.78 is 1.02. The number of nitrogens with two attached hydrogens (primary N) is 1. The average molecular weight is 349 g/mol. The van der Waals surface area contributed by atoms with E-state index < -0.39 is 0 Å². The maximum Gasteiger partial charge on any atom is 0.238 e. The Labute approximate surface area is 128 Å². The first-order valence-corrected chi connectivity index (χ1v) is 6.88. The van der Waals surface area contributed by atoms with Crippen LogP contribution >= 0.6 is 28.3 Å². The van der Waals surface area contributed by atoms with Gasteiger partial charge in [-0.05, 0) is 37.1 Å². The molecule has 6 heteroatoms. The van der Waals surface area contributed by atoms with Crippen LogP contribution in [0.4, 0.5) is 5.69 Å². The highest BCUT2D eigenvalue weighted by Crippen LogP contribution is 2.20. The highest BCUT2D eigenvalue weighted by molar-refractivity contribution is 9.10.